The summed E-state index contributed by atoms with van der Waals surface area (Å²) in [5.74, 6) is 1.16. The predicted molar refractivity (Wildman–Crippen MR) is 87.2 cm³/mol. The molecule has 1 heterocycles. The quantitative estimate of drug-likeness (QED) is 0.783. The van der Waals surface area contributed by atoms with E-state index in [1.807, 2.05) is 11.8 Å². The maximum atomic E-state index is 12.5. The van der Waals surface area contributed by atoms with Gasteiger partial charge in [-0.3, -0.25) is 9.59 Å². The van der Waals surface area contributed by atoms with Crippen LogP contribution in [0.1, 0.15) is 58.3 Å². The molecule has 2 fully saturated rings. The third-order valence-corrected chi connectivity index (χ3v) is 5.09. The summed E-state index contributed by atoms with van der Waals surface area (Å²) in [4.78, 5) is 26.0. The van der Waals surface area contributed by atoms with Gasteiger partial charge in [-0.15, -0.1) is 0 Å². The van der Waals surface area contributed by atoms with E-state index in [0.717, 1.165) is 51.6 Å². The summed E-state index contributed by atoms with van der Waals surface area (Å²) < 4.78 is 0. The van der Waals surface area contributed by atoms with Gasteiger partial charge >= 0.3 is 0 Å². The van der Waals surface area contributed by atoms with Gasteiger partial charge in [0.15, 0.2) is 0 Å². The molecule has 126 valence electrons. The van der Waals surface area contributed by atoms with Gasteiger partial charge in [0.1, 0.15) is 0 Å². The van der Waals surface area contributed by atoms with Crippen molar-refractivity contribution in [1.29, 1.82) is 0 Å². The molecule has 22 heavy (non-hydrogen) atoms. The first-order valence-corrected chi connectivity index (χ1v) is 8.90. The minimum absolute atomic E-state index is 0.128. The Morgan fingerprint density at radius 3 is 2.73 bits per heavy atom. The monoisotopic (exact) mass is 309 g/mol. The van der Waals surface area contributed by atoms with Crippen LogP contribution >= 0.6 is 0 Å². The lowest BCUT2D eigenvalue weighted by Crippen LogP contribution is -2.44. The second-order valence-corrected chi connectivity index (χ2v) is 6.96. The molecule has 2 rings (SSSR count). The lowest BCUT2D eigenvalue weighted by Gasteiger charge is -2.34. The first-order chi connectivity index (χ1) is 10.6. The summed E-state index contributed by atoms with van der Waals surface area (Å²) in [7, 11) is 0. The van der Waals surface area contributed by atoms with Crippen LogP contribution in [0.4, 0.5) is 0 Å². The molecule has 5 nitrogen and oxygen atoms in total. The highest BCUT2D eigenvalue weighted by molar-refractivity contribution is 5.77. The normalized spacial score (nSPS) is 28.6. The van der Waals surface area contributed by atoms with Crippen molar-refractivity contribution in [2.24, 2.45) is 17.6 Å². The zero-order valence-electron chi connectivity index (χ0n) is 13.9. The molecule has 1 unspecified atom stereocenters. The predicted octanol–water partition coefficient (Wildman–Crippen LogP) is 1.66. The van der Waals surface area contributed by atoms with Crippen LogP contribution in [-0.4, -0.2) is 42.4 Å². The van der Waals surface area contributed by atoms with Crippen LogP contribution in [-0.2, 0) is 9.59 Å². The molecule has 0 aromatic rings. The van der Waals surface area contributed by atoms with E-state index in [2.05, 4.69) is 5.32 Å². The lowest BCUT2D eigenvalue weighted by atomic mass is 9.95. The highest BCUT2D eigenvalue weighted by atomic mass is 16.2. The molecule has 1 aliphatic heterocycles. The zero-order chi connectivity index (χ0) is 15.9. The van der Waals surface area contributed by atoms with E-state index >= 15 is 0 Å². The Hall–Kier alpha value is -1.10. The topological polar surface area (TPSA) is 75.4 Å². The SMILES string of the molecule is CCCC(=O)NCC1CCCN(C(=O)C[C@@H]2CCC[C@H]2N)C1. The molecule has 1 saturated heterocycles. The van der Waals surface area contributed by atoms with E-state index < -0.39 is 0 Å². The number of piperidine rings is 1. The Labute approximate surface area is 134 Å². The highest BCUT2D eigenvalue weighted by Gasteiger charge is 2.30. The Balaban J connectivity index is 1.74. The first-order valence-electron chi connectivity index (χ1n) is 8.90. The van der Waals surface area contributed by atoms with Crippen LogP contribution in [0.3, 0.4) is 0 Å². The summed E-state index contributed by atoms with van der Waals surface area (Å²) in [5.41, 5.74) is 6.08. The maximum Gasteiger partial charge on any atom is 0.222 e. The molecule has 1 aliphatic carbocycles. The minimum Gasteiger partial charge on any atom is -0.356 e. The molecule has 2 aliphatic rings. The van der Waals surface area contributed by atoms with Crippen molar-refractivity contribution >= 4 is 11.8 Å². The van der Waals surface area contributed by atoms with Crippen LogP contribution < -0.4 is 11.1 Å². The molecule has 3 atom stereocenters. The summed E-state index contributed by atoms with van der Waals surface area (Å²) in [6.45, 7) is 4.35. The van der Waals surface area contributed by atoms with Crippen LogP contribution in [0.2, 0.25) is 0 Å². The number of hydrogen-bond donors (Lipinski definition) is 2. The average molecular weight is 309 g/mol. The minimum atomic E-state index is 0.128. The van der Waals surface area contributed by atoms with Gasteiger partial charge in [-0.2, -0.15) is 0 Å². The van der Waals surface area contributed by atoms with Crippen LogP contribution in [0.15, 0.2) is 0 Å². The average Bonchev–Trinajstić information content (AvgIpc) is 2.91. The standard InChI is InChI=1S/C17H31N3O2/c1-2-5-16(21)19-11-13-6-4-9-20(12-13)17(22)10-14-7-3-8-15(14)18/h13-15H,2-12,18H2,1H3,(H,19,21)/t13?,14-,15+/m0/s1. The van der Waals surface area contributed by atoms with Crippen LogP contribution in [0, 0.1) is 11.8 Å². The number of carbonyl (C=O) groups is 2. The Bertz CT molecular complexity index is 386. The zero-order valence-corrected chi connectivity index (χ0v) is 13.9. The lowest BCUT2D eigenvalue weighted by molar-refractivity contribution is -0.134. The van der Waals surface area contributed by atoms with Crippen LogP contribution in [0.5, 0.6) is 0 Å². The van der Waals surface area contributed by atoms with Crippen molar-refractivity contribution in [2.75, 3.05) is 19.6 Å². The molecule has 0 radical (unpaired) electrons. The molecular weight excluding hydrogens is 278 g/mol. The number of nitrogens with zero attached hydrogens (tertiary/aromatic N) is 1. The van der Waals surface area contributed by atoms with Gasteiger partial charge in [0.05, 0.1) is 0 Å². The molecular formula is C17H31N3O2. The summed E-state index contributed by atoms with van der Waals surface area (Å²) in [5, 5.41) is 3.00. The third kappa shape index (κ3) is 4.97. The van der Waals surface area contributed by atoms with Crippen molar-refractivity contribution < 1.29 is 9.59 Å². The molecule has 0 spiro atoms. The smallest absolute Gasteiger partial charge is 0.222 e. The van der Waals surface area contributed by atoms with E-state index in [1.165, 1.54) is 0 Å². The molecule has 0 aromatic carbocycles. The van der Waals surface area contributed by atoms with E-state index in [4.69, 9.17) is 5.73 Å². The molecule has 2 amide bonds. The number of carbonyl (C=O) groups excluding carboxylic acids is 2. The van der Waals surface area contributed by atoms with Crippen LogP contribution in [0.25, 0.3) is 0 Å². The first kappa shape index (κ1) is 17.3. The largest absolute Gasteiger partial charge is 0.356 e. The van der Waals surface area contributed by atoms with Crippen molar-refractivity contribution in [3.05, 3.63) is 0 Å². The van der Waals surface area contributed by atoms with Gasteiger partial charge in [-0.25, -0.2) is 0 Å². The van der Waals surface area contributed by atoms with Crippen molar-refractivity contribution in [2.45, 2.75) is 64.3 Å². The fraction of sp³-hybridized carbons (Fsp3) is 0.882. The third-order valence-electron chi connectivity index (χ3n) is 5.09. The molecule has 0 bridgehead atoms. The number of rotatable bonds is 6. The van der Waals surface area contributed by atoms with Gasteiger partial charge in [0, 0.05) is 38.5 Å². The maximum absolute atomic E-state index is 12.5. The van der Waals surface area contributed by atoms with E-state index in [0.29, 0.717) is 31.2 Å². The van der Waals surface area contributed by atoms with Gasteiger partial charge in [-0.05, 0) is 43.9 Å². The van der Waals surface area contributed by atoms with Gasteiger partial charge in [0.2, 0.25) is 11.8 Å². The number of hydrogen-bond acceptors (Lipinski definition) is 3. The molecule has 1 saturated carbocycles. The molecule has 3 N–H and O–H groups in total. The van der Waals surface area contributed by atoms with E-state index in [9.17, 15) is 9.59 Å². The van der Waals surface area contributed by atoms with E-state index in [-0.39, 0.29) is 17.9 Å². The number of amides is 2. The number of likely N-dealkylation sites (tertiary alicyclic amines) is 1. The Kier molecular flexibility index (Phi) is 6.68. The van der Waals surface area contributed by atoms with Gasteiger partial charge < -0.3 is 16.0 Å². The summed E-state index contributed by atoms with van der Waals surface area (Å²) in [6.07, 6.45) is 7.52. The van der Waals surface area contributed by atoms with E-state index in [1.54, 1.807) is 0 Å². The molecule has 0 aromatic heterocycles. The number of nitrogens with two attached hydrogens (primary N) is 1. The van der Waals surface area contributed by atoms with Crippen molar-refractivity contribution in [1.82, 2.24) is 10.2 Å². The summed E-state index contributed by atoms with van der Waals surface area (Å²) >= 11 is 0. The fourth-order valence-corrected chi connectivity index (χ4v) is 3.70. The Morgan fingerprint density at radius 1 is 1.23 bits per heavy atom. The molecule has 5 heteroatoms. The van der Waals surface area contributed by atoms with Crippen molar-refractivity contribution in [3.8, 4) is 0 Å². The Morgan fingerprint density at radius 2 is 2.05 bits per heavy atom. The van der Waals surface area contributed by atoms with Crippen molar-refractivity contribution in [3.63, 3.8) is 0 Å². The number of nitrogens with one attached hydrogen (secondary N) is 1. The van der Waals surface area contributed by atoms with Gasteiger partial charge in [-0.1, -0.05) is 13.3 Å². The van der Waals surface area contributed by atoms with Gasteiger partial charge in [0.25, 0.3) is 0 Å². The summed E-state index contributed by atoms with van der Waals surface area (Å²) in [6, 6.07) is 0.206. The second kappa shape index (κ2) is 8.51. The fourth-order valence-electron chi connectivity index (χ4n) is 3.70. The highest BCUT2D eigenvalue weighted by Crippen LogP contribution is 2.28. The second-order valence-electron chi connectivity index (χ2n) is 6.96.